The van der Waals surface area contributed by atoms with Crippen molar-refractivity contribution in [2.45, 2.75) is 38.6 Å². The topological polar surface area (TPSA) is 35.2 Å². The summed E-state index contributed by atoms with van der Waals surface area (Å²) in [5.74, 6) is 0.114. The van der Waals surface area contributed by atoms with Crippen LogP contribution in [-0.4, -0.2) is 18.3 Å². The molecule has 0 saturated carbocycles. The second-order valence-electron chi connectivity index (χ2n) is 4.06. The molecule has 0 spiro atoms. The molecular formula is C12H15ClF3NO. The lowest BCUT2D eigenvalue weighted by atomic mass is 10.1. The normalized spacial score (nSPS) is 15.3. The minimum Gasteiger partial charge on any atom is -0.479 e. The van der Waals surface area contributed by atoms with E-state index in [9.17, 15) is 13.2 Å². The van der Waals surface area contributed by atoms with Gasteiger partial charge in [0.25, 0.3) is 0 Å². The Kier molecular flexibility index (Phi) is 4.87. The van der Waals surface area contributed by atoms with Crippen LogP contribution in [0.5, 0.6) is 5.75 Å². The summed E-state index contributed by atoms with van der Waals surface area (Å²) in [7, 11) is 0. The third kappa shape index (κ3) is 3.78. The van der Waals surface area contributed by atoms with E-state index in [-0.39, 0.29) is 12.2 Å². The van der Waals surface area contributed by atoms with Crippen LogP contribution in [0.1, 0.15) is 18.9 Å². The molecule has 18 heavy (non-hydrogen) atoms. The molecule has 6 heteroatoms. The quantitative estimate of drug-likeness (QED) is 0.913. The lowest BCUT2D eigenvalue weighted by molar-refractivity contribution is -0.200. The van der Waals surface area contributed by atoms with Crippen molar-refractivity contribution in [3.8, 4) is 5.75 Å². The standard InChI is InChI=1S/C12H15ClF3NO/c1-3-10(17)11(12(14,15)16)18-8-4-5-9(13)7(2)6-8/h4-6,10-11H,3,17H2,1-2H3. The lowest BCUT2D eigenvalue weighted by Gasteiger charge is -2.26. The van der Waals surface area contributed by atoms with Crippen LogP contribution in [0.3, 0.4) is 0 Å². The molecule has 1 aromatic carbocycles. The van der Waals surface area contributed by atoms with E-state index in [2.05, 4.69) is 0 Å². The van der Waals surface area contributed by atoms with Gasteiger partial charge in [0.2, 0.25) is 6.10 Å². The van der Waals surface area contributed by atoms with Crippen molar-refractivity contribution in [1.82, 2.24) is 0 Å². The molecule has 2 N–H and O–H groups in total. The largest absolute Gasteiger partial charge is 0.479 e. The van der Waals surface area contributed by atoms with E-state index < -0.39 is 18.3 Å². The fourth-order valence-electron chi connectivity index (χ4n) is 1.45. The number of ether oxygens (including phenoxy) is 1. The van der Waals surface area contributed by atoms with Crippen LogP contribution in [0.25, 0.3) is 0 Å². The first-order valence-corrected chi connectivity index (χ1v) is 5.88. The number of hydrogen-bond acceptors (Lipinski definition) is 2. The Bertz CT molecular complexity index is 409. The van der Waals surface area contributed by atoms with Gasteiger partial charge in [0.1, 0.15) is 5.75 Å². The van der Waals surface area contributed by atoms with E-state index >= 15 is 0 Å². The second kappa shape index (κ2) is 5.80. The third-order valence-corrected chi connectivity index (χ3v) is 3.00. The van der Waals surface area contributed by atoms with E-state index in [0.29, 0.717) is 10.6 Å². The zero-order valence-electron chi connectivity index (χ0n) is 10.1. The number of alkyl halides is 3. The van der Waals surface area contributed by atoms with Crippen molar-refractivity contribution < 1.29 is 17.9 Å². The summed E-state index contributed by atoms with van der Waals surface area (Å²) in [6.45, 7) is 3.28. The lowest BCUT2D eigenvalue weighted by Crippen LogP contribution is -2.48. The van der Waals surface area contributed by atoms with E-state index in [1.807, 2.05) is 0 Å². The highest BCUT2D eigenvalue weighted by Gasteiger charge is 2.45. The number of benzene rings is 1. The summed E-state index contributed by atoms with van der Waals surface area (Å²) < 4.78 is 43.3. The SMILES string of the molecule is CCC(N)C(Oc1ccc(Cl)c(C)c1)C(F)(F)F. The van der Waals surface area contributed by atoms with Gasteiger partial charge in [-0.05, 0) is 37.1 Å². The highest BCUT2D eigenvalue weighted by molar-refractivity contribution is 6.31. The average Bonchev–Trinajstić information content (AvgIpc) is 2.28. The molecule has 2 nitrogen and oxygen atoms in total. The molecule has 0 aromatic heterocycles. The third-order valence-electron chi connectivity index (χ3n) is 2.58. The summed E-state index contributed by atoms with van der Waals surface area (Å²) in [6, 6.07) is 3.26. The van der Waals surface area contributed by atoms with E-state index in [4.69, 9.17) is 22.1 Å². The minimum absolute atomic E-state index is 0.114. The Morgan fingerprint density at radius 1 is 1.39 bits per heavy atom. The molecule has 0 radical (unpaired) electrons. The molecule has 0 fully saturated rings. The molecular weight excluding hydrogens is 267 g/mol. The molecule has 0 saturated heterocycles. The van der Waals surface area contributed by atoms with Gasteiger partial charge in [0.05, 0.1) is 6.04 Å². The molecule has 2 atom stereocenters. The Hall–Kier alpha value is -0.940. The molecule has 0 aliphatic rings. The number of rotatable bonds is 4. The van der Waals surface area contributed by atoms with Gasteiger partial charge >= 0.3 is 6.18 Å². The maximum absolute atomic E-state index is 12.8. The van der Waals surface area contributed by atoms with Crippen molar-refractivity contribution in [2.24, 2.45) is 5.73 Å². The molecule has 2 unspecified atom stereocenters. The van der Waals surface area contributed by atoms with Crippen molar-refractivity contribution in [3.05, 3.63) is 28.8 Å². The van der Waals surface area contributed by atoms with Crippen LogP contribution in [0.2, 0.25) is 5.02 Å². The van der Waals surface area contributed by atoms with Gasteiger partial charge in [0, 0.05) is 5.02 Å². The van der Waals surface area contributed by atoms with E-state index in [0.717, 1.165) is 0 Å². The molecule has 0 aliphatic carbocycles. The van der Waals surface area contributed by atoms with Crippen molar-refractivity contribution in [3.63, 3.8) is 0 Å². The first-order chi connectivity index (χ1) is 8.25. The van der Waals surface area contributed by atoms with Crippen LogP contribution >= 0.6 is 11.6 Å². The minimum atomic E-state index is -4.50. The van der Waals surface area contributed by atoms with Gasteiger partial charge in [0.15, 0.2) is 0 Å². The molecule has 0 bridgehead atoms. The number of hydrogen-bond donors (Lipinski definition) is 1. The Balaban J connectivity index is 2.93. The summed E-state index contributed by atoms with van der Waals surface area (Å²) in [4.78, 5) is 0. The van der Waals surface area contributed by atoms with Crippen LogP contribution in [-0.2, 0) is 0 Å². The Morgan fingerprint density at radius 2 is 2.00 bits per heavy atom. The Morgan fingerprint density at radius 3 is 2.44 bits per heavy atom. The maximum Gasteiger partial charge on any atom is 0.426 e. The van der Waals surface area contributed by atoms with Gasteiger partial charge in [-0.15, -0.1) is 0 Å². The van der Waals surface area contributed by atoms with Crippen molar-refractivity contribution in [1.29, 1.82) is 0 Å². The van der Waals surface area contributed by atoms with Crippen LogP contribution in [0.4, 0.5) is 13.2 Å². The fourth-order valence-corrected chi connectivity index (χ4v) is 1.57. The van der Waals surface area contributed by atoms with Gasteiger partial charge in [-0.1, -0.05) is 18.5 Å². The van der Waals surface area contributed by atoms with Gasteiger partial charge in [-0.25, -0.2) is 0 Å². The summed E-state index contributed by atoms with van der Waals surface area (Å²) >= 11 is 5.79. The van der Waals surface area contributed by atoms with E-state index in [1.165, 1.54) is 18.2 Å². The molecule has 0 aliphatic heterocycles. The second-order valence-corrected chi connectivity index (χ2v) is 4.47. The van der Waals surface area contributed by atoms with Gasteiger partial charge in [-0.3, -0.25) is 0 Å². The maximum atomic E-state index is 12.8. The molecule has 102 valence electrons. The number of halogens is 4. The fraction of sp³-hybridized carbons (Fsp3) is 0.500. The monoisotopic (exact) mass is 281 g/mol. The zero-order valence-corrected chi connectivity index (χ0v) is 10.8. The first-order valence-electron chi connectivity index (χ1n) is 5.50. The summed E-state index contributed by atoms with van der Waals surface area (Å²) in [5.41, 5.74) is 6.10. The van der Waals surface area contributed by atoms with Crippen LogP contribution < -0.4 is 10.5 Å². The Labute approximate surface area is 109 Å². The average molecular weight is 282 g/mol. The highest BCUT2D eigenvalue weighted by atomic mass is 35.5. The van der Waals surface area contributed by atoms with E-state index in [1.54, 1.807) is 13.8 Å². The van der Waals surface area contributed by atoms with Crippen molar-refractivity contribution >= 4 is 11.6 Å². The number of nitrogens with two attached hydrogens (primary N) is 1. The molecule has 0 amide bonds. The van der Waals surface area contributed by atoms with Gasteiger partial charge in [-0.2, -0.15) is 13.2 Å². The summed E-state index contributed by atoms with van der Waals surface area (Å²) in [6.07, 6.45) is -6.33. The predicted octanol–water partition coefficient (Wildman–Crippen LogP) is 3.70. The van der Waals surface area contributed by atoms with Gasteiger partial charge < -0.3 is 10.5 Å². The molecule has 1 rings (SSSR count). The number of aryl methyl sites for hydroxylation is 1. The summed E-state index contributed by atoms with van der Waals surface area (Å²) in [5, 5.41) is 0.477. The highest BCUT2D eigenvalue weighted by Crippen LogP contribution is 2.29. The van der Waals surface area contributed by atoms with Crippen molar-refractivity contribution in [2.75, 3.05) is 0 Å². The molecule has 1 aromatic rings. The van der Waals surface area contributed by atoms with Crippen LogP contribution in [0, 0.1) is 6.92 Å². The predicted molar refractivity (Wildman–Crippen MR) is 64.9 cm³/mol. The molecule has 0 heterocycles. The van der Waals surface area contributed by atoms with Crippen LogP contribution in [0.15, 0.2) is 18.2 Å². The smallest absolute Gasteiger partial charge is 0.426 e. The first kappa shape index (κ1) is 15.1. The zero-order chi connectivity index (χ0) is 13.9.